The number of para-hydroxylation sites is 1. The Morgan fingerprint density at radius 2 is 2.00 bits per heavy atom. The highest BCUT2D eigenvalue weighted by molar-refractivity contribution is 9.10. The highest BCUT2D eigenvalue weighted by atomic mass is 79.9. The van der Waals surface area contributed by atoms with Crippen LogP contribution < -0.4 is 10.1 Å². The summed E-state index contributed by atoms with van der Waals surface area (Å²) in [6.07, 6.45) is 1.85. The molecule has 6 heteroatoms. The lowest BCUT2D eigenvalue weighted by molar-refractivity contribution is 0.0909. The molecule has 26 heavy (non-hydrogen) atoms. The molecule has 0 aromatic heterocycles. The number of rotatable bonds is 5. The molecule has 1 saturated heterocycles. The Kier molecular flexibility index (Phi) is 6.57. The minimum Gasteiger partial charge on any atom is -0.496 e. The molecule has 138 valence electrons. The van der Waals surface area contributed by atoms with E-state index in [1.807, 2.05) is 24.3 Å². The molecule has 1 aliphatic heterocycles. The Hall–Kier alpha value is -1.56. The summed E-state index contributed by atoms with van der Waals surface area (Å²) in [5.74, 6) is 0.818. The van der Waals surface area contributed by atoms with Crippen LogP contribution in [0, 0.1) is 0 Å². The standard InChI is InChI=1S/C20H22BrClN2O2/c1-26-19-5-3-2-4-14(19)13-24-10-8-16(9-11-24)23-20(25)17-7-6-15(21)12-18(17)22/h2-7,12,16H,8-11,13H2,1H3,(H,23,25). The van der Waals surface area contributed by atoms with Gasteiger partial charge in [-0.15, -0.1) is 0 Å². The molecule has 0 atom stereocenters. The molecule has 1 aliphatic rings. The van der Waals surface area contributed by atoms with Gasteiger partial charge in [-0.2, -0.15) is 0 Å². The summed E-state index contributed by atoms with van der Waals surface area (Å²) in [7, 11) is 1.70. The summed E-state index contributed by atoms with van der Waals surface area (Å²) >= 11 is 9.53. The van der Waals surface area contributed by atoms with Crippen molar-refractivity contribution in [2.24, 2.45) is 0 Å². The molecular weight excluding hydrogens is 416 g/mol. The van der Waals surface area contributed by atoms with Crippen molar-refractivity contribution in [1.29, 1.82) is 0 Å². The number of halogens is 2. The smallest absolute Gasteiger partial charge is 0.253 e. The number of benzene rings is 2. The highest BCUT2D eigenvalue weighted by Crippen LogP contribution is 2.23. The van der Waals surface area contributed by atoms with Gasteiger partial charge in [-0.25, -0.2) is 0 Å². The van der Waals surface area contributed by atoms with Crippen LogP contribution in [-0.4, -0.2) is 37.0 Å². The average Bonchev–Trinajstić information content (AvgIpc) is 2.63. The van der Waals surface area contributed by atoms with Crippen LogP contribution in [0.3, 0.4) is 0 Å². The molecule has 0 aliphatic carbocycles. The normalized spacial score (nSPS) is 15.7. The SMILES string of the molecule is COc1ccccc1CN1CCC(NC(=O)c2ccc(Br)cc2Cl)CC1. The largest absolute Gasteiger partial charge is 0.496 e. The number of methoxy groups -OCH3 is 1. The van der Waals surface area contributed by atoms with Gasteiger partial charge in [-0.3, -0.25) is 9.69 Å². The maximum Gasteiger partial charge on any atom is 0.253 e. The fraction of sp³-hybridized carbons (Fsp3) is 0.350. The maximum atomic E-state index is 12.5. The Morgan fingerprint density at radius 3 is 2.69 bits per heavy atom. The lowest BCUT2D eigenvalue weighted by atomic mass is 10.0. The van der Waals surface area contributed by atoms with Gasteiger partial charge in [0.1, 0.15) is 5.75 Å². The number of nitrogens with one attached hydrogen (secondary N) is 1. The van der Waals surface area contributed by atoms with Crippen molar-refractivity contribution < 1.29 is 9.53 Å². The number of carbonyl (C=O) groups is 1. The van der Waals surface area contributed by atoms with Gasteiger partial charge in [0.05, 0.1) is 17.7 Å². The van der Waals surface area contributed by atoms with E-state index in [9.17, 15) is 4.79 Å². The van der Waals surface area contributed by atoms with Gasteiger partial charge in [0.25, 0.3) is 5.91 Å². The van der Waals surface area contributed by atoms with Crippen LogP contribution in [0.15, 0.2) is 46.9 Å². The molecule has 1 fully saturated rings. The van der Waals surface area contributed by atoms with Crippen LogP contribution >= 0.6 is 27.5 Å². The van der Waals surface area contributed by atoms with E-state index in [2.05, 4.69) is 32.2 Å². The van der Waals surface area contributed by atoms with E-state index in [1.54, 1.807) is 19.2 Å². The van der Waals surface area contributed by atoms with Gasteiger partial charge in [-0.05, 0) is 37.1 Å². The number of ether oxygens (including phenoxy) is 1. The van der Waals surface area contributed by atoms with Crippen LogP contribution in [-0.2, 0) is 6.54 Å². The first-order chi connectivity index (χ1) is 12.6. The number of nitrogens with zero attached hydrogens (tertiary/aromatic N) is 1. The number of hydrogen-bond donors (Lipinski definition) is 1. The number of amides is 1. The molecule has 1 amide bonds. The predicted octanol–water partition coefficient (Wildman–Crippen LogP) is 4.51. The van der Waals surface area contributed by atoms with E-state index in [0.29, 0.717) is 10.6 Å². The summed E-state index contributed by atoms with van der Waals surface area (Å²) < 4.78 is 6.29. The van der Waals surface area contributed by atoms with Gasteiger partial charge in [0, 0.05) is 35.7 Å². The summed E-state index contributed by atoms with van der Waals surface area (Å²) in [6.45, 7) is 2.75. The predicted molar refractivity (Wildman–Crippen MR) is 108 cm³/mol. The third-order valence-electron chi connectivity index (χ3n) is 4.69. The highest BCUT2D eigenvalue weighted by Gasteiger charge is 2.22. The zero-order valence-corrected chi connectivity index (χ0v) is 17.0. The summed E-state index contributed by atoms with van der Waals surface area (Å²) in [5, 5.41) is 3.58. The minimum atomic E-state index is -0.106. The number of likely N-dealkylation sites (tertiary alicyclic amines) is 1. The molecule has 3 rings (SSSR count). The first-order valence-electron chi connectivity index (χ1n) is 8.67. The van der Waals surface area contributed by atoms with Gasteiger partial charge in [0.2, 0.25) is 0 Å². The fourth-order valence-corrected chi connectivity index (χ4v) is 4.01. The lowest BCUT2D eigenvalue weighted by Crippen LogP contribution is -2.44. The van der Waals surface area contributed by atoms with Crippen LogP contribution in [0.1, 0.15) is 28.8 Å². The quantitative estimate of drug-likeness (QED) is 0.748. The van der Waals surface area contributed by atoms with E-state index in [0.717, 1.165) is 42.7 Å². The number of hydrogen-bond acceptors (Lipinski definition) is 3. The van der Waals surface area contributed by atoms with Crippen molar-refractivity contribution in [3.05, 3.63) is 63.1 Å². The second kappa shape index (κ2) is 8.89. The molecule has 4 nitrogen and oxygen atoms in total. The molecule has 0 spiro atoms. The third-order valence-corrected chi connectivity index (χ3v) is 5.49. The molecular formula is C20H22BrClN2O2. The first-order valence-corrected chi connectivity index (χ1v) is 9.84. The van der Waals surface area contributed by atoms with E-state index < -0.39 is 0 Å². The first kappa shape index (κ1) is 19.2. The summed E-state index contributed by atoms with van der Waals surface area (Å²) in [6, 6.07) is 13.6. The average molecular weight is 438 g/mol. The second-order valence-electron chi connectivity index (χ2n) is 6.46. The lowest BCUT2D eigenvalue weighted by Gasteiger charge is -2.32. The Balaban J connectivity index is 1.53. The minimum absolute atomic E-state index is 0.106. The van der Waals surface area contributed by atoms with Gasteiger partial charge in [-0.1, -0.05) is 45.7 Å². The molecule has 0 unspecified atom stereocenters. The van der Waals surface area contributed by atoms with Crippen molar-refractivity contribution in [2.45, 2.75) is 25.4 Å². The summed E-state index contributed by atoms with van der Waals surface area (Å²) in [4.78, 5) is 14.9. The van der Waals surface area contributed by atoms with E-state index in [1.165, 1.54) is 5.56 Å². The molecule has 2 aromatic rings. The topological polar surface area (TPSA) is 41.6 Å². The van der Waals surface area contributed by atoms with E-state index in [-0.39, 0.29) is 11.9 Å². The Labute approximate surface area is 167 Å². The molecule has 0 radical (unpaired) electrons. The van der Waals surface area contributed by atoms with Crippen molar-refractivity contribution in [3.63, 3.8) is 0 Å². The van der Waals surface area contributed by atoms with Crippen LogP contribution in [0.5, 0.6) is 5.75 Å². The van der Waals surface area contributed by atoms with Crippen molar-refractivity contribution in [3.8, 4) is 5.75 Å². The fourth-order valence-electron chi connectivity index (χ4n) is 3.25. The molecule has 0 saturated carbocycles. The van der Waals surface area contributed by atoms with Crippen molar-refractivity contribution in [2.75, 3.05) is 20.2 Å². The zero-order valence-electron chi connectivity index (χ0n) is 14.7. The number of carbonyl (C=O) groups excluding carboxylic acids is 1. The third kappa shape index (κ3) is 4.78. The van der Waals surface area contributed by atoms with E-state index >= 15 is 0 Å². The van der Waals surface area contributed by atoms with Crippen LogP contribution in [0.4, 0.5) is 0 Å². The monoisotopic (exact) mass is 436 g/mol. The number of piperidine rings is 1. The van der Waals surface area contributed by atoms with Crippen LogP contribution in [0.25, 0.3) is 0 Å². The van der Waals surface area contributed by atoms with Gasteiger partial charge in [0.15, 0.2) is 0 Å². The molecule has 1 heterocycles. The molecule has 1 N–H and O–H groups in total. The van der Waals surface area contributed by atoms with Gasteiger partial charge < -0.3 is 10.1 Å². The van der Waals surface area contributed by atoms with E-state index in [4.69, 9.17) is 16.3 Å². The van der Waals surface area contributed by atoms with Crippen LogP contribution in [0.2, 0.25) is 5.02 Å². The van der Waals surface area contributed by atoms with Crippen molar-refractivity contribution in [1.82, 2.24) is 10.2 Å². The van der Waals surface area contributed by atoms with Gasteiger partial charge >= 0.3 is 0 Å². The Bertz CT molecular complexity index is 776. The Morgan fingerprint density at radius 1 is 1.27 bits per heavy atom. The summed E-state index contributed by atoms with van der Waals surface area (Å²) in [5.41, 5.74) is 1.71. The molecule has 0 bridgehead atoms. The molecule has 2 aromatic carbocycles. The maximum absolute atomic E-state index is 12.5. The zero-order chi connectivity index (χ0) is 18.5. The van der Waals surface area contributed by atoms with Crippen molar-refractivity contribution >= 4 is 33.4 Å². The second-order valence-corrected chi connectivity index (χ2v) is 7.78.